The normalized spacial score (nSPS) is 24.5. The molecular weight excluding hydrogens is 248 g/mol. The third kappa shape index (κ3) is 5.43. The molecule has 0 unspecified atom stereocenters. The summed E-state index contributed by atoms with van der Waals surface area (Å²) in [5.41, 5.74) is 6.09. The van der Waals surface area contributed by atoms with Crippen LogP contribution in [0.2, 0.25) is 0 Å². The molecule has 1 aliphatic rings. The van der Waals surface area contributed by atoms with Gasteiger partial charge >= 0.3 is 0 Å². The summed E-state index contributed by atoms with van der Waals surface area (Å²) in [5.74, 6) is 1.24. The lowest BCUT2D eigenvalue weighted by atomic mass is 9.69. The van der Waals surface area contributed by atoms with Crippen molar-refractivity contribution in [3.05, 3.63) is 0 Å². The van der Waals surface area contributed by atoms with Crippen LogP contribution in [0.4, 0.5) is 0 Å². The van der Waals surface area contributed by atoms with Crippen LogP contribution in [0.25, 0.3) is 0 Å². The van der Waals surface area contributed by atoms with Crippen molar-refractivity contribution in [3.8, 4) is 0 Å². The molecule has 0 atom stereocenters. The Hall–Kier alpha value is -0.570. The number of hydrogen-bond acceptors (Lipinski definition) is 2. The monoisotopic (exact) mass is 282 g/mol. The van der Waals surface area contributed by atoms with E-state index in [1.807, 2.05) is 0 Å². The van der Waals surface area contributed by atoms with Crippen molar-refractivity contribution < 1.29 is 4.79 Å². The Morgan fingerprint density at radius 3 is 2.10 bits per heavy atom. The topological polar surface area (TPSA) is 55.1 Å². The van der Waals surface area contributed by atoms with E-state index in [0.717, 1.165) is 31.7 Å². The van der Waals surface area contributed by atoms with E-state index in [1.165, 1.54) is 12.8 Å². The summed E-state index contributed by atoms with van der Waals surface area (Å²) in [6, 6.07) is 0. The van der Waals surface area contributed by atoms with Crippen LogP contribution in [0.5, 0.6) is 0 Å². The number of rotatable bonds is 5. The lowest BCUT2D eigenvalue weighted by Crippen LogP contribution is -2.40. The summed E-state index contributed by atoms with van der Waals surface area (Å²) in [6.07, 6.45) is 5.42. The maximum absolute atomic E-state index is 12.3. The molecule has 0 radical (unpaired) electrons. The van der Waals surface area contributed by atoms with Crippen molar-refractivity contribution >= 4 is 5.91 Å². The van der Waals surface area contributed by atoms with Crippen LogP contribution in [0.1, 0.15) is 66.7 Å². The highest BCUT2D eigenvalue weighted by Gasteiger charge is 2.32. The van der Waals surface area contributed by atoms with Crippen LogP contribution in [0, 0.1) is 22.7 Å². The van der Waals surface area contributed by atoms with Crippen molar-refractivity contribution in [1.82, 2.24) is 5.32 Å². The van der Waals surface area contributed by atoms with Crippen LogP contribution in [-0.4, -0.2) is 19.0 Å². The van der Waals surface area contributed by atoms with Crippen molar-refractivity contribution in [2.75, 3.05) is 13.1 Å². The summed E-state index contributed by atoms with van der Waals surface area (Å²) in [6.45, 7) is 12.7. The van der Waals surface area contributed by atoms with Gasteiger partial charge in [0.2, 0.25) is 5.91 Å². The molecule has 20 heavy (non-hydrogen) atoms. The van der Waals surface area contributed by atoms with Gasteiger partial charge in [-0.05, 0) is 55.4 Å². The minimum absolute atomic E-state index is 0.104. The number of carbonyl (C=O) groups excluding carboxylic acids is 1. The molecule has 0 aromatic rings. The number of nitrogens with two attached hydrogens (primary N) is 1. The average Bonchev–Trinajstić information content (AvgIpc) is 2.35. The summed E-state index contributed by atoms with van der Waals surface area (Å²) < 4.78 is 0. The van der Waals surface area contributed by atoms with E-state index in [4.69, 9.17) is 5.73 Å². The summed E-state index contributed by atoms with van der Waals surface area (Å²) in [5, 5.41) is 3.14. The average molecular weight is 282 g/mol. The van der Waals surface area contributed by atoms with E-state index in [0.29, 0.717) is 12.0 Å². The fourth-order valence-corrected chi connectivity index (χ4v) is 3.17. The lowest BCUT2D eigenvalue weighted by molar-refractivity contribution is -0.127. The highest BCUT2D eigenvalue weighted by Crippen LogP contribution is 2.39. The molecule has 3 N–H and O–H groups in total. The standard InChI is InChI=1S/C17H34N2O/c1-16(2,3)14-8-6-13(7-9-14)15(20)19-12-17(4,5)10-11-18/h13-14H,6-12,18H2,1-5H3,(H,19,20). The SMILES string of the molecule is CC(C)(CCN)CNC(=O)C1CCC(C(C)(C)C)CC1. The molecule has 1 aliphatic carbocycles. The van der Waals surface area contributed by atoms with Crippen molar-refractivity contribution in [3.63, 3.8) is 0 Å². The highest BCUT2D eigenvalue weighted by atomic mass is 16.1. The number of carbonyl (C=O) groups is 1. The predicted octanol–water partition coefficient (Wildman–Crippen LogP) is 3.33. The van der Waals surface area contributed by atoms with E-state index >= 15 is 0 Å². The van der Waals surface area contributed by atoms with Crippen LogP contribution < -0.4 is 11.1 Å². The molecule has 3 nitrogen and oxygen atoms in total. The Bertz CT molecular complexity index is 309. The van der Waals surface area contributed by atoms with Crippen LogP contribution >= 0.6 is 0 Å². The molecule has 1 amide bonds. The zero-order chi connectivity index (χ0) is 15.4. The minimum atomic E-state index is 0.104. The Balaban J connectivity index is 2.36. The third-order valence-electron chi connectivity index (χ3n) is 4.89. The molecule has 0 aromatic heterocycles. The van der Waals surface area contributed by atoms with Gasteiger partial charge in [-0.3, -0.25) is 4.79 Å². The number of nitrogens with one attached hydrogen (secondary N) is 1. The third-order valence-corrected chi connectivity index (χ3v) is 4.89. The molecule has 1 rings (SSSR count). The van der Waals surface area contributed by atoms with Crippen LogP contribution in [0.3, 0.4) is 0 Å². The van der Waals surface area contributed by atoms with Crippen molar-refractivity contribution in [1.29, 1.82) is 0 Å². The Labute approximate surface area is 125 Å². The van der Waals surface area contributed by atoms with Gasteiger partial charge in [0.1, 0.15) is 0 Å². The predicted molar refractivity (Wildman–Crippen MR) is 85.4 cm³/mol. The second-order valence-electron chi connectivity index (χ2n) is 8.34. The molecule has 3 heteroatoms. The van der Waals surface area contributed by atoms with E-state index in [-0.39, 0.29) is 17.2 Å². The van der Waals surface area contributed by atoms with Crippen molar-refractivity contribution in [2.45, 2.75) is 66.7 Å². The Kier molecular flexibility index (Phi) is 6.06. The Morgan fingerprint density at radius 1 is 1.10 bits per heavy atom. The van der Waals surface area contributed by atoms with Gasteiger partial charge in [0.25, 0.3) is 0 Å². The van der Waals surface area contributed by atoms with Gasteiger partial charge in [-0.2, -0.15) is 0 Å². The second-order valence-corrected chi connectivity index (χ2v) is 8.34. The first kappa shape index (κ1) is 17.5. The molecule has 0 aromatic carbocycles. The van der Waals surface area contributed by atoms with Gasteiger partial charge in [0.15, 0.2) is 0 Å². The zero-order valence-electron chi connectivity index (χ0n) is 14.1. The van der Waals surface area contributed by atoms with Gasteiger partial charge in [0.05, 0.1) is 0 Å². The quantitative estimate of drug-likeness (QED) is 0.812. The smallest absolute Gasteiger partial charge is 0.223 e. The van der Waals surface area contributed by atoms with E-state index in [1.54, 1.807) is 0 Å². The molecule has 0 aliphatic heterocycles. The molecule has 1 fully saturated rings. The largest absolute Gasteiger partial charge is 0.355 e. The molecule has 0 spiro atoms. The maximum atomic E-state index is 12.3. The summed E-state index contributed by atoms with van der Waals surface area (Å²) in [4.78, 5) is 12.3. The fourth-order valence-electron chi connectivity index (χ4n) is 3.17. The van der Waals surface area contributed by atoms with Gasteiger partial charge in [-0.25, -0.2) is 0 Å². The number of hydrogen-bond donors (Lipinski definition) is 2. The molecule has 0 heterocycles. The highest BCUT2D eigenvalue weighted by molar-refractivity contribution is 5.78. The van der Waals surface area contributed by atoms with Crippen LogP contribution in [-0.2, 0) is 4.79 Å². The van der Waals surface area contributed by atoms with E-state index < -0.39 is 0 Å². The first-order chi connectivity index (χ1) is 9.15. The molecule has 0 bridgehead atoms. The van der Waals surface area contributed by atoms with E-state index in [2.05, 4.69) is 39.9 Å². The molecule has 1 saturated carbocycles. The minimum Gasteiger partial charge on any atom is -0.355 e. The van der Waals surface area contributed by atoms with Crippen LogP contribution in [0.15, 0.2) is 0 Å². The molecule has 0 saturated heterocycles. The number of amides is 1. The lowest BCUT2D eigenvalue weighted by Gasteiger charge is -2.36. The first-order valence-electron chi connectivity index (χ1n) is 8.13. The van der Waals surface area contributed by atoms with Gasteiger partial charge in [-0.1, -0.05) is 34.6 Å². The van der Waals surface area contributed by atoms with E-state index in [9.17, 15) is 4.79 Å². The molecule has 118 valence electrons. The first-order valence-corrected chi connectivity index (χ1v) is 8.13. The summed E-state index contributed by atoms with van der Waals surface area (Å²) >= 11 is 0. The molecular formula is C17H34N2O. The van der Waals surface area contributed by atoms with Gasteiger partial charge < -0.3 is 11.1 Å². The zero-order valence-corrected chi connectivity index (χ0v) is 14.1. The summed E-state index contributed by atoms with van der Waals surface area (Å²) in [7, 11) is 0. The maximum Gasteiger partial charge on any atom is 0.223 e. The second kappa shape index (κ2) is 6.93. The van der Waals surface area contributed by atoms with Gasteiger partial charge in [0, 0.05) is 12.5 Å². The van der Waals surface area contributed by atoms with Gasteiger partial charge in [-0.15, -0.1) is 0 Å². The van der Waals surface area contributed by atoms with Crippen molar-refractivity contribution in [2.24, 2.45) is 28.4 Å². The fraction of sp³-hybridized carbons (Fsp3) is 0.941. The Morgan fingerprint density at radius 2 is 1.65 bits per heavy atom.